The maximum atomic E-state index is 12.6. The number of carbonyl (C=O) groups excluding carboxylic acids is 2. The molecule has 0 bridgehead atoms. The average Bonchev–Trinajstić information content (AvgIpc) is 3.09. The van der Waals surface area contributed by atoms with Crippen LogP contribution < -0.4 is 10.6 Å². The van der Waals surface area contributed by atoms with E-state index in [0.717, 1.165) is 22.3 Å². The second kappa shape index (κ2) is 10.6. The smallest absolute Gasteiger partial charge is 0.407 e. The van der Waals surface area contributed by atoms with Gasteiger partial charge in [0.1, 0.15) is 6.61 Å². The second-order valence-corrected chi connectivity index (χ2v) is 7.80. The highest BCUT2D eigenvalue weighted by Crippen LogP contribution is 2.44. The van der Waals surface area contributed by atoms with Crippen LogP contribution in [0.3, 0.4) is 0 Å². The molecule has 2 aromatic rings. The fourth-order valence-corrected chi connectivity index (χ4v) is 3.77. The molecule has 1 aliphatic carbocycles. The number of nitrogens with one attached hydrogen (secondary N) is 2. The van der Waals surface area contributed by atoms with Gasteiger partial charge in [0, 0.05) is 19.0 Å². The SMILES string of the molecule is O=C(CC(O)CNC(=O)OCC1c2ccccc2-c2ccccc21)NCC(C(=O)O)C(F)(F)F. The predicted molar refractivity (Wildman–Crippen MR) is 114 cm³/mol. The van der Waals surface area contributed by atoms with Crippen LogP contribution in [-0.2, 0) is 14.3 Å². The molecule has 4 N–H and O–H groups in total. The summed E-state index contributed by atoms with van der Waals surface area (Å²) in [5, 5.41) is 22.6. The number of aliphatic hydroxyl groups is 1. The Balaban J connectivity index is 1.44. The molecule has 0 fully saturated rings. The van der Waals surface area contributed by atoms with Crippen LogP contribution in [-0.4, -0.2) is 60.2 Å². The number of aliphatic hydroxyl groups excluding tert-OH is 1. The Bertz CT molecular complexity index is 1010. The molecule has 0 heterocycles. The molecule has 0 saturated heterocycles. The quantitative estimate of drug-likeness (QED) is 0.437. The Morgan fingerprint density at radius 3 is 2.03 bits per heavy atom. The van der Waals surface area contributed by atoms with E-state index in [1.165, 1.54) is 0 Å². The van der Waals surface area contributed by atoms with Crippen molar-refractivity contribution in [1.29, 1.82) is 0 Å². The third-order valence-corrected chi connectivity index (χ3v) is 5.44. The summed E-state index contributed by atoms with van der Waals surface area (Å²) < 4.78 is 43.1. The first kappa shape index (κ1) is 25.0. The molecule has 2 unspecified atom stereocenters. The summed E-state index contributed by atoms with van der Waals surface area (Å²) in [5.74, 6) is -6.03. The summed E-state index contributed by atoms with van der Waals surface area (Å²) in [5.41, 5.74) is 4.16. The van der Waals surface area contributed by atoms with Crippen molar-refractivity contribution in [3.8, 4) is 11.1 Å². The lowest BCUT2D eigenvalue weighted by molar-refractivity contribution is -0.192. The molecule has 1 aliphatic rings. The van der Waals surface area contributed by atoms with Crippen molar-refractivity contribution in [1.82, 2.24) is 10.6 Å². The van der Waals surface area contributed by atoms with E-state index < -0.39 is 49.1 Å². The van der Waals surface area contributed by atoms with Crippen LogP contribution in [0.25, 0.3) is 11.1 Å². The van der Waals surface area contributed by atoms with Gasteiger partial charge < -0.3 is 25.6 Å². The van der Waals surface area contributed by atoms with E-state index in [9.17, 15) is 32.7 Å². The summed E-state index contributed by atoms with van der Waals surface area (Å²) in [7, 11) is 0. The molecule has 8 nitrogen and oxygen atoms in total. The van der Waals surface area contributed by atoms with Crippen molar-refractivity contribution < 1.29 is 42.5 Å². The van der Waals surface area contributed by atoms with Crippen LogP contribution in [0.5, 0.6) is 0 Å². The molecule has 34 heavy (non-hydrogen) atoms. The van der Waals surface area contributed by atoms with E-state index >= 15 is 0 Å². The van der Waals surface area contributed by atoms with Gasteiger partial charge in [0.05, 0.1) is 12.5 Å². The number of rotatable bonds is 9. The van der Waals surface area contributed by atoms with Crippen LogP contribution in [0.15, 0.2) is 48.5 Å². The van der Waals surface area contributed by atoms with Crippen LogP contribution in [0.2, 0.25) is 0 Å². The fraction of sp³-hybridized carbons (Fsp3) is 0.348. The summed E-state index contributed by atoms with van der Waals surface area (Å²) in [6, 6.07) is 15.5. The summed E-state index contributed by atoms with van der Waals surface area (Å²) in [6.07, 6.45) is -7.89. The number of carboxylic acids is 1. The molecule has 3 rings (SSSR count). The molecule has 0 radical (unpaired) electrons. The van der Waals surface area contributed by atoms with Crippen LogP contribution in [0.1, 0.15) is 23.5 Å². The number of alkyl carbamates (subject to hydrolysis) is 1. The topological polar surface area (TPSA) is 125 Å². The average molecular weight is 480 g/mol. The molecule has 0 aliphatic heterocycles. The number of alkyl halides is 3. The number of amides is 2. The molecule has 0 aromatic heterocycles. The monoisotopic (exact) mass is 480 g/mol. The van der Waals surface area contributed by atoms with Crippen molar-refractivity contribution in [2.24, 2.45) is 5.92 Å². The van der Waals surface area contributed by atoms with Gasteiger partial charge in [-0.15, -0.1) is 0 Å². The van der Waals surface area contributed by atoms with Gasteiger partial charge in [0.25, 0.3) is 0 Å². The van der Waals surface area contributed by atoms with Crippen molar-refractivity contribution >= 4 is 18.0 Å². The van der Waals surface area contributed by atoms with Crippen LogP contribution in [0, 0.1) is 5.92 Å². The number of carbonyl (C=O) groups is 3. The van der Waals surface area contributed by atoms with Crippen molar-refractivity contribution in [2.75, 3.05) is 19.7 Å². The number of aliphatic carboxylic acids is 1. The number of hydrogen-bond acceptors (Lipinski definition) is 5. The lowest BCUT2D eigenvalue weighted by Gasteiger charge is -2.18. The third kappa shape index (κ3) is 6.04. The predicted octanol–water partition coefficient (Wildman–Crippen LogP) is 2.66. The zero-order valence-corrected chi connectivity index (χ0v) is 17.8. The maximum Gasteiger partial charge on any atom is 0.407 e. The third-order valence-electron chi connectivity index (χ3n) is 5.44. The molecular formula is C23H23F3N2O6. The number of ether oxygens (including phenoxy) is 1. The maximum absolute atomic E-state index is 12.6. The van der Waals surface area contributed by atoms with Gasteiger partial charge in [-0.3, -0.25) is 9.59 Å². The first-order valence-corrected chi connectivity index (χ1v) is 10.4. The molecule has 182 valence electrons. The summed E-state index contributed by atoms with van der Waals surface area (Å²) in [4.78, 5) is 34.5. The van der Waals surface area contributed by atoms with Gasteiger partial charge in [0.15, 0.2) is 5.92 Å². The van der Waals surface area contributed by atoms with Gasteiger partial charge in [-0.2, -0.15) is 13.2 Å². The number of fused-ring (bicyclic) bond motifs is 3. The molecule has 2 aromatic carbocycles. The Hall–Kier alpha value is -3.60. The highest BCUT2D eigenvalue weighted by molar-refractivity contribution is 5.79. The van der Waals surface area contributed by atoms with Gasteiger partial charge in [-0.05, 0) is 22.3 Å². The Morgan fingerprint density at radius 1 is 0.941 bits per heavy atom. The van der Waals surface area contributed by atoms with Gasteiger partial charge in [0.2, 0.25) is 5.91 Å². The van der Waals surface area contributed by atoms with E-state index in [-0.39, 0.29) is 19.1 Å². The molecule has 2 amide bonds. The molecular weight excluding hydrogens is 457 g/mol. The minimum atomic E-state index is -5.02. The molecule has 0 saturated carbocycles. The number of halogens is 3. The standard InChI is InChI=1S/C23H23F3N2O6/c24-23(25,26)19(21(31)32)11-27-20(30)9-13(29)10-28-22(33)34-12-18-16-7-3-1-5-14(16)15-6-2-4-8-17(15)18/h1-8,13,18-19,29H,9-12H2,(H,27,30)(H,28,33)(H,31,32). The molecule has 2 atom stereocenters. The summed E-state index contributed by atoms with van der Waals surface area (Å²) >= 11 is 0. The van der Waals surface area contributed by atoms with E-state index in [1.54, 1.807) is 0 Å². The van der Waals surface area contributed by atoms with Gasteiger partial charge >= 0.3 is 18.2 Å². The zero-order valence-electron chi connectivity index (χ0n) is 17.8. The number of benzene rings is 2. The Labute approximate surface area is 192 Å². The molecule has 0 spiro atoms. The second-order valence-electron chi connectivity index (χ2n) is 7.80. The molecule has 11 heteroatoms. The normalized spacial score (nSPS) is 14.5. The lowest BCUT2D eigenvalue weighted by Crippen LogP contribution is -2.42. The zero-order chi connectivity index (χ0) is 24.9. The van der Waals surface area contributed by atoms with Crippen molar-refractivity contribution in [3.63, 3.8) is 0 Å². The van der Waals surface area contributed by atoms with Gasteiger partial charge in [-0.25, -0.2) is 4.79 Å². The lowest BCUT2D eigenvalue weighted by atomic mass is 9.98. The highest BCUT2D eigenvalue weighted by Gasteiger charge is 2.45. The fourth-order valence-electron chi connectivity index (χ4n) is 3.77. The van der Waals surface area contributed by atoms with Crippen molar-refractivity contribution in [2.45, 2.75) is 24.6 Å². The summed E-state index contributed by atoms with van der Waals surface area (Å²) in [6.45, 7) is -1.50. The van der Waals surface area contributed by atoms with Crippen LogP contribution in [0.4, 0.5) is 18.0 Å². The Morgan fingerprint density at radius 2 is 1.50 bits per heavy atom. The first-order chi connectivity index (χ1) is 16.1. The van der Waals surface area contributed by atoms with E-state index in [1.807, 2.05) is 53.8 Å². The minimum absolute atomic E-state index is 0.0461. The largest absolute Gasteiger partial charge is 0.481 e. The number of carboxylic acid groups (broad SMARTS) is 1. The van der Waals surface area contributed by atoms with Crippen LogP contribution >= 0.6 is 0 Å². The highest BCUT2D eigenvalue weighted by atomic mass is 19.4. The van der Waals surface area contributed by atoms with E-state index in [0.29, 0.717) is 0 Å². The van der Waals surface area contributed by atoms with Crippen molar-refractivity contribution in [3.05, 3.63) is 59.7 Å². The Kier molecular flexibility index (Phi) is 7.77. The first-order valence-electron chi connectivity index (χ1n) is 10.4. The number of hydrogen-bond donors (Lipinski definition) is 4. The minimum Gasteiger partial charge on any atom is -0.481 e. The van der Waals surface area contributed by atoms with E-state index in [2.05, 4.69) is 5.32 Å². The van der Waals surface area contributed by atoms with E-state index in [4.69, 9.17) is 9.84 Å². The van der Waals surface area contributed by atoms with Gasteiger partial charge in [-0.1, -0.05) is 48.5 Å².